The third kappa shape index (κ3) is 34.7. The first-order chi connectivity index (χ1) is 27.2. The lowest BCUT2D eigenvalue weighted by atomic mass is 10.1. The molecule has 2 aromatic heterocycles. The Balaban J connectivity index is -0.000000649. The maximum Gasteiger partial charge on any atom is 0.303 e. The van der Waals surface area contributed by atoms with Crippen molar-refractivity contribution in [2.75, 3.05) is 68.0 Å². The molecule has 1 aliphatic heterocycles. The standard InChI is InChI=1S/C14H16N2O2.C6H4FNO.C6H9NO4.C6H13N.C3H7NO.C2H7N.C2H4O2/c1-15-6-2-8-18-12-3-4-14-13(9-12)11(10-17)5-7-16-14;7-6-3-1-2-5(4-9)8-6;8-4-3-7-5(9)1-2-6(10)11;1-6-4-3-5-7(6)2;1-4-2-3-5;1-3-2;1-2(3)4/h3-5,7,9-10,15H,2,6,8H2,1H3;1-4H;4H,1-3H2,(H,7,9)(H,10,11);6H,3-5H2,1-2H3;3-4H,2H2,1H3;3H,1-2H3;1H3,(H,3,4). The number of ether oxygens (including phenoxy) is 1. The van der Waals surface area contributed by atoms with Gasteiger partial charge >= 0.3 is 5.97 Å². The number of likely N-dealkylation sites (tertiary alicyclic amines) is 1. The molecule has 0 saturated carbocycles. The van der Waals surface area contributed by atoms with Crippen LogP contribution in [0, 0.1) is 5.95 Å². The fourth-order valence-electron chi connectivity index (χ4n) is 3.89. The van der Waals surface area contributed by atoms with Crippen LogP contribution in [0.1, 0.15) is 66.8 Å². The Hall–Kier alpha value is -5.56. The van der Waals surface area contributed by atoms with Gasteiger partial charge < -0.3 is 50.7 Å². The maximum atomic E-state index is 12.1. The third-order valence-corrected chi connectivity index (χ3v) is 6.69. The molecule has 3 heterocycles. The van der Waals surface area contributed by atoms with Gasteiger partial charge in [-0.2, -0.15) is 4.39 Å². The van der Waals surface area contributed by atoms with E-state index < -0.39 is 23.8 Å². The molecule has 0 radical (unpaired) electrons. The molecule has 0 aliphatic carbocycles. The van der Waals surface area contributed by atoms with E-state index in [9.17, 15) is 33.2 Å². The second-order valence-corrected chi connectivity index (χ2v) is 11.6. The van der Waals surface area contributed by atoms with Crippen LogP contribution in [0.4, 0.5) is 4.39 Å². The molecule has 1 fully saturated rings. The van der Waals surface area contributed by atoms with Gasteiger partial charge in [0.25, 0.3) is 5.97 Å². The van der Waals surface area contributed by atoms with Gasteiger partial charge in [0.05, 0.1) is 31.6 Å². The van der Waals surface area contributed by atoms with Gasteiger partial charge in [0.2, 0.25) is 11.9 Å². The second kappa shape index (κ2) is 38.7. The number of carboxylic acid groups (broad SMARTS) is 2. The molecule has 0 bridgehead atoms. The summed E-state index contributed by atoms with van der Waals surface area (Å²) in [5, 5.41) is 27.1. The number of pyridine rings is 2. The summed E-state index contributed by atoms with van der Waals surface area (Å²) < 4.78 is 17.7. The molecule has 4 rings (SSSR count). The first-order valence-electron chi connectivity index (χ1n) is 17.9. The number of carbonyl (C=O) groups is 7. The van der Waals surface area contributed by atoms with E-state index in [1.165, 1.54) is 37.6 Å². The van der Waals surface area contributed by atoms with Gasteiger partial charge in [0.1, 0.15) is 24.0 Å². The summed E-state index contributed by atoms with van der Waals surface area (Å²) in [4.78, 5) is 79.3. The molecule has 6 N–H and O–H groups in total. The SMILES string of the molecule is CC(=O)O.CC1CCCN1C.CNC.CNCC=O.CNCCCOc1ccc2nccc(C=O)c2c1.O=CCNC(=O)CCC(=O)O.O=Cc1cccc(F)n1. The van der Waals surface area contributed by atoms with Crippen molar-refractivity contribution >= 4 is 53.9 Å². The molecule has 1 atom stereocenters. The summed E-state index contributed by atoms with van der Waals surface area (Å²) in [5.74, 6) is -2.12. The zero-order chi connectivity index (χ0) is 43.9. The number of carbonyl (C=O) groups excluding carboxylic acids is 5. The van der Waals surface area contributed by atoms with E-state index in [1.54, 1.807) is 19.3 Å². The Morgan fingerprint density at radius 2 is 1.60 bits per heavy atom. The highest BCUT2D eigenvalue weighted by Crippen LogP contribution is 2.21. The Bertz CT molecular complexity index is 1550. The van der Waals surface area contributed by atoms with Crippen LogP contribution in [-0.2, 0) is 24.0 Å². The molecule has 17 nitrogen and oxygen atoms in total. The van der Waals surface area contributed by atoms with Crippen molar-refractivity contribution in [2.45, 2.75) is 52.0 Å². The summed E-state index contributed by atoms with van der Waals surface area (Å²) >= 11 is 0. The lowest BCUT2D eigenvalue weighted by Gasteiger charge is -2.12. The van der Waals surface area contributed by atoms with E-state index in [-0.39, 0.29) is 25.1 Å². The van der Waals surface area contributed by atoms with Crippen LogP contribution in [-0.4, -0.2) is 142 Å². The number of carboxylic acids is 2. The van der Waals surface area contributed by atoms with Crippen molar-refractivity contribution in [1.82, 2.24) is 36.1 Å². The average molecular weight is 806 g/mol. The molecular formula is C39H60FN7O10. The Labute approximate surface area is 334 Å². The minimum Gasteiger partial charge on any atom is -0.494 e. The fraction of sp³-hybridized carbons (Fsp3) is 0.462. The number of hydrogen-bond donors (Lipinski definition) is 6. The number of rotatable bonds is 14. The van der Waals surface area contributed by atoms with Gasteiger partial charge in [-0.25, -0.2) is 4.98 Å². The number of nitrogens with one attached hydrogen (secondary N) is 4. The summed E-state index contributed by atoms with van der Waals surface area (Å²) in [5.41, 5.74) is 1.57. The summed E-state index contributed by atoms with van der Waals surface area (Å²) in [6, 6.07) is 12.2. The highest BCUT2D eigenvalue weighted by molar-refractivity contribution is 5.96. The fourth-order valence-corrected chi connectivity index (χ4v) is 3.89. The molecule has 18 heteroatoms. The first-order valence-corrected chi connectivity index (χ1v) is 17.9. The van der Waals surface area contributed by atoms with Gasteiger partial charge in [-0.05, 0) is 111 Å². The highest BCUT2D eigenvalue weighted by Gasteiger charge is 2.14. The number of aliphatic carboxylic acids is 2. The topological polar surface area (TPSA) is 246 Å². The average Bonchev–Trinajstić information content (AvgIpc) is 3.57. The summed E-state index contributed by atoms with van der Waals surface area (Å²) in [6.07, 6.45) is 7.81. The van der Waals surface area contributed by atoms with Crippen LogP contribution in [0.2, 0.25) is 0 Å². The zero-order valence-electron chi connectivity index (χ0n) is 34.0. The molecule has 57 heavy (non-hydrogen) atoms. The van der Waals surface area contributed by atoms with Crippen molar-refractivity contribution < 1.29 is 52.9 Å². The molecule has 1 unspecified atom stereocenters. The predicted molar refractivity (Wildman–Crippen MR) is 216 cm³/mol. The minimum atomic E-state index is -1.02. The van der Waals surface area contributed by atoms with Gasteiger partial charge in [-0.1, -0.05) is 6.07 Å². The number of aldehydes is 4. The molecule has 318 valence electrons. The molecule has 1 aromatic carbocycles. The number of hydrogen-bond acceptors (Lipinski definition) is 14. The first kappa shape index (κ1) is 55.8. The van der Waals surface area contributed by atoms with Crippen LogP contribution in [0.3, 0.4) is 0 Å². The predicted octanol–water partition coefficient (Wildman–Crippen LogP) is 2.67. The number of aromatic nitrogens is 2. The molecule has 1 amide bonds. The van der Waals surface area contributed by atoms with E-state index in [1.807, 2.05) is 39.3 Å². The second-order valence-electron chi connectivity index (χ2n) is 11.6. The number of halogens is 1. The van der Waals surface area contributed by atoms with Gasteiger partial charge in [-0.3, -0.25) is 29.0 Å². The number of amides is 1. The van der Waals surface area contributed by atoms with Crippen LogP contribution in [0.25, 0.3) is 10.9 Å². The van der Waals surface area contributed by atoms with Crippen LogP contribution in [0.5, 0.6) is 5.75 Å². The Kier molecular flexibility index (Phi) is 37.9. The largest absolute Gasteiger partial charge is 0.494 e. The normalized spacial score (nSPS) is 12.0. The Morgan fingerprint density at radius 3 is 2.02 bits per heavy atom. The van der Waals surface area contributed by atoms with Gasteiger partial charge in [0, 0.05) is 36.5 Å². The lowest BCUT2D eigenvalue weighted by Crippen LogP contribution is -2.25. The van der Waals surface area contributed by atoms with Crippen LogP contribution in [0.15, 0.2) is 48.7 Å². The van der Waals surface area contributed by atoms with E-state index >= 15 is 0 Å². The highest BCUT2D eigenvalue weighted by atomic mass is 19.1. The number of benzene rings is 1. The molecule has 1 aliphatic rings. The van der Waals surface area contributed by atoms with Crippen LogP contribution < -0.4 is 26.0 Å². The van der Waals surface area contributed by atoms with Crippen molar-refractivity contribution in [2.24, 2.45) is 0 Å². The summed E-state index contributed by atoms with van der Waals surface area (Å²) in [6.45, 7) is 6.66. The maximum absolute atomic E-state index is 12.1. The van der Waals surface area contributed by atoms with Crippen molar-refractivity contribution in [1.29, 1.82) is 0 Å². The lowest BCUT2D eigenvalue weighted by molar-refractivity contribution is -0.138. The summed E-state index contributed by atoms with van der Waals surface area (Å²) in [7, 11) is 9.59. The van der Waals surface area contributed by atoms with Crippen molar-refractivity contribution in [3.63, 3.8) is 0 Å². The quantitative estimate of drug-likeness (QED) is 0.0779. The Morgan fingerprint density at radius 1 is 0.947 bits per heavy atom. The van der Waals surface area contributed by atoms with E-state index in [4.69, 9.17) is 19.7 Å². The monoisotopic (exact) mass is 805 g/mol. The minimum absolute atomic E-state index is 0.0571. The van der Waals surface area contributed by atoms with E-state index in [2.05, 4.69) is 50.1 Å². The van der Waals surface area contributed by atoms with E-state index in [0.29, 0.717) is 31.3 Å². The van der Waals surface area contributed by atoms with Gasteiger partial charge in [-0.15, -0.1) is 0 Å². The van der Waals surface area contributed by atoms with Crippen molar-refractivity contribution in [3.8, 4) is 5.75 Å². The zero-order valence-corrected chi connectivity index (χ0v) is 34.0. The smallest absolute Gasteiger partial charge is 0.303 e. The molecular weight excluding hydrogens is 745 g/mol. The molecule has 0 spiro atoms. The number of fused-ring (bicyclic) bond motifs is 1. The number of nitrogens with zero attached hydrogens (tertiary/aromatic N) is 3. The number of likely N-dealkylation sites (N-methyl/N-ethyl adjacent to an activating group) is 1. The van der Waals surface area contributed by atoms with Crippen LogP contribution >= 0.6 is 0 Å². The molecule has 1 saturated heterocycles. The van der Waals surface area contributed by atoms with E-state index in [0.717, 1.165) is 55.2 Å². The molecule has 3 aromatic rings. The van der Waals surface area contributed by atoms with Crippen molar-refractivity contribution in [3.05, 3.63) is 65.9 Å². The van der Waals surface area contributed by atoms with Gasteiger partial charge in [0.15, 0.2) is 12.6 Å². The third-order valence-electron chi connectivity index (χ3n) is 6.69.